The average molecular weight is 289 g/mol. The van der Waals surface area contributed by atoms with E-state index in [1.807, 2.05) is 12.1 Å². The molecular weight excluding hydrogens is 262 g/mol. The van der Waals surface area contributed by atoms with Gasteiger partial charge in [-0.1, -0.05) is 19.4 Å². The van der Waals surface area contributed by atoms with Crippen molar-refractivity contribution >= 4 is 5.97 Å². The second kappa shape index (κ2) is 8.22. The molecule has 0 atom stereocenters. The SMILES string of the molecule is CC[C@H]1CC[C@H](C(=O)OC2CCC(/C=C/C#N)CC2)CC1. The smallest absolute Gasteiger partial charge is 0.309 e. The number of carbonyl (C=O) groups is 1. The molecule has 3 nitrogen and oxygen atoms in total. The summed E-state index contributed by atoms with van der Waals surface area (Å²) in [6, 6.07) is 2.04. The molecule has 0 unspecified atom stereocenters. The van der Waals surface area contributed by atoms with Crippen LogP contribution in [0.15, 0.2) is 12.2 Å². The molecule has 0 aromatic heterocycles. The van der Waals surface area contributed by atoms with E-state index >= 15 is 0 Å². The minimum atomic E-state index is 0.0422. The van der Waals surface area contributed by atoms with Crippen LogP contribution in [0.1, 0.15) is 64.7 Å². The maximum absolute atomic E-state index is 12.2. The first kappa shape index (κ1) is 16.1. The molecule has 0 heterocycles. The van der Waals surface area contributed by atoms with Crippen molar-refractivity contribution in [1.29, 1.82) is 5.26 Å². The molecule has 0 spiro atoms. The lowest BCUT2D eigenvalue weighted by Gasteiger charge is -2.30. The van der Waals surface area contributed by atoms with Crippen LogP contribution >= 0.6 is 0 Å². The summed E-state index contributed by atoms with van der Waals surface area (Å²) in [7, 11) is 0. The van der Waals surface area contributed by atoms with Crippen LogP contribution in [0.2, 0.25) is 0 Å². The van der Waals surface area contributed by atoms with Crippen molar-refractivity contribution in [2.24, 2.45) is 17.8 Å². The topological polar surface area (TPSA) is 50.1 Å². The second-order valence-electron chi connectivity index (χ2n) is 6.59. The number of esters is 1. The van der Waals surface area contributed by atoms with E-state index < -0.39 is 0 Å². The highest BCUT2D eigenvalue weighted by Gasteiger charge is 2.29. The van der Waals surface area contributed by atoms with E-state index in [1.54, 1.807) is 6.08 Å². The van der Waals surface area contributed by atoms with Gasteiger partial charge in [-0.3, -0.25) is 4.79 Å². The lowest BCUT2D eigenvalue weighted by molar-refractivity contribution is -0.157. The van der Waals surface area contributed by atoms with Gasteiger partial charge >= 0.3 is 5.97 Å². The van der Waals surface area contributed by atoms with Crippen molar-refractivity contribution in [3.8, 4) is 6.07 Å². The predicted molar refractivity (Wildman–Crippen MR) is 82.3 cm³/mol. The highest BCUT2D eigenvalue weighted by atomic mass is 16.5. The molecule has 21 heavy (non-hydrogen) atoms. The zero-order valence-corrected chi connectivity index (χ0v) is 13.1. The van der Waals surface area contributed by atoms with Gasteiger partial charge in [-0.15, -0.1) is 0 Å². The molecule has 0 radical (unpaired) electrons. The van der Waals surface area contributed by atoms with E-state index in [2.05, 4.69) is 6.92 Å². The molecular formula is C18H27NO2. The van der Waals surface area contributed by atoms with Gasteiger partial charge in [-0.05, 0) is 63.2 Å². The van der Waals surface area contributed by atoms with Crippen LogP contribution < -0.4 is 0 Å². The molecule has 116 valence electrons. The summed E-state index contributed by atoms with van der Waals surface area (Å²) in [6.07, 6.45) is 13.2. The van der Waals surface area contributed by atoms with Crippen LogP contribution in [0.3, 0.4) is 0 Å². The zero-order valence-electron chi connectivity index (χ0n) is 13.1. The first-order valence-electron chi connectivity index (χ1n) is 8.49. The van der Waals surface area contributed by atoms with Gasteiger partial charge in [0.15, 0.2) is 0 Å². The quantitative estimate of drug-likeness (QED) is 0.570. The molecule has 0 aromatic carbocycles. The van der Waals surface area contributed by atoms with Crippen LogP contribution in [0, 0.1) is 29.1 Å². The summed E-state index contributed by atoms with van der Waals surface area (Å²) in [5.74, 6) is 1.49. The Morgan fingerprint density at radius 1 is 1.14 bits per heavy atom. The van der Waals surface area contributed by atoms with Crippen molar-refractivity contribution in [1.82, 2.24) is 0 Å². The molecule has 0 aliphatic heterocycles. The molecule has 2 rings (SSSR count). The molecule has 2 saturated carbocycles. The third-order valence-electron chi connectivity index (χ3n) is 5.20. The fourth-order valence-corrected chi connectivity index (χ4v) is 3.64. The third kappa shape index (κ3) is 4.88. The zero-order chi connectivity index (χ0) is 15.1. The van der Waals surface area contributed by atoms with Gasteiger partial charge in [-0.2, -0.15) is 5.26 Å². The van der Waals surface area contributed by atoms with Gasteiger partial charge in [0.25, 0.3) is 0 Å². The Bertz CT molecular complexity index is 394. The van der Waals surface area contributed by atoms with E-state index in [4.69, 9.17) is 10.00 Å². The molecule has 0 aromatic rings. The van der Waals surface area contributed by atoms with Crippen molar-refractivity contribution in [3.63, 3.8) is 0 Å². The Morgan fingerprint density at radius 3 is 2.38 bits per heavy atom. The number of nitrogens with zero attached hydrogens (tertiary/aromatic N) is 1. The molecule has 2 aliphatic carbocycles. The van der Waals surface area contributed by atoms with Crippen LogP contribution in [0.25, 0.3) is 0 Å². The summed E-state index contributed by atoms with van der Waals surface area (Å²) in [6.45, 7) is 2.24. The number of nitriles is 1. The lowest BCUT2D eigenvalue weighted by atomic mass is 9.81. The Balaban J connectivity index is 1.70. The minimum Gasteiger partial charge on any atom is -0.462 e. The fraction of sp³-hybridized carbons (Fsp3) is 0.778. The lowest BCUT2D eigenvalue weighted by Crippen LogP contribution is -2.29. The van der Waals surface area contributed by atoms with Gasteiger partial charge in [0, 0.05) is 6.08 Å². The Hall–Kier alpha value is -1.30. The third-order valence-corrected chi connectivity index (χ3v) is 5.20. The number of hydrogen-bond donors (Lipinski definition) is 0. The highest BCUT2D eigenvalue weighted by molar-refractivity contribution is 5.72. The maximum Gasteiger partial charge on any atom is 0.309 e. The maximum atomic E-state index is 12.2. The molecule has 0 amide bonds. The van der Waals surface area contributed by atoms with Gasteiger partial charge in [-0.25, -0.2) is 0 Å². The molecule has 2 fully saturated rings. The van der Waals surface area contributed by atoms with Crippen molar-refractivity contribution in [2.75, 3.05) is 0 Å². The Morgan fingerprint density at radius 2 is 1.81 bits per heavy atom. The fourth-order valence-electron chi connectivity index (χ4n) is 3.64. The molecule has 0 bridgehead atoms. The molecule has 0 N–H and O–H groups in total. The highest BCUT2D eigenvalue weighted by Crippen LogP contribution is 2.33. The largest absolute Gasteiger partial charge is 0.462 e. The average Bonchev–Trinajstić information content (AvgIpc) is 2.54. The van der Waals surface area contributed by atoms with E-state index in [9.17, 15) is 4.79 Å². The Kier molecular flexibility index (Phi) is 6.29. The molecule has 2 aliphatic rings. The number of rotatable bonds is 4. The first-order valence-corrected chi connectivity index (χ1v) is 8.49. The van der Waals surface area contributed by atoms with E-state index in [0.717, 1.165) is 44.4 Å². The summed E-state index contributed by atoms with van der Waals surface area (Å²) in [4.78, 5) is 12.2. The molecule has 0 saturated heterocycles. The number of ether oxygens (including phenoxy) is 1. The monoisotopic (exact) mass is 289 g/mol. The first-order chi connectivity index (χ1) is 10.2. The normalized spacial score (nSPS) is 33.5. The van der Waals surface area contributed by atoms with Gasteiger partial charge in [0.05, 0.1) is 12.0 Å². The van der Waals surface area contributed by atoms with Crippen LogP contribution in [0.5, 0.6) is 0 Å². The van der Waals surface area contributed by atoms with Crippen molar-refractivity contribution in [2.45, 2.75) is 70.8 Å². The summed E-state index contributed by atoms with van der Waals surface area (Å²) < 4.78 is 5.72. The predicted octanol–water partition coefficient (Wildman–Crippen LogP) is 4.38. The Labute approximate surface area is 128 Å². The number of allylic oxidation sites excluding steroid dienone is 2. The standard InChI is InChI=1S/C18H27NO2/c1-2-14-5-9-16(10-6-14)18(20)21-17-11-7-15(8-12-17)4-3-13-19/h3-4,14-17H,2,5-12H2,1H3/b4-3+/t14-,15?,16-,17?. The van der Waals surface area contributed by atoms with Crippen LogP contribution in [-0.4, -0.2) is 12.1 Å². The number of hydrogen-bond acceptors (Lipinski definition) is 3. The van der Waals surface area contributed by atoms with Crippen LogP contribution in [0.4, 0.5) is 0 Å². The van der Waals surface area contributed by atoms with E-state index in [-0.39, 0.29) is 18.0 Å². The second-order valence-corrected chi connectivity index (χ2v) is 6.59. The molecule has 3 heteroatoms. The van der Waals surface area contributed by atoms with E-state index in [1.165, 1.54) is 19.3 Å². The minimum absolute atomic E-state index is 0.0422. The van der Waals surface area contributed by atoms with E-state index in [0.29, 0.717) is 5.92 Å². The van der Waals surface area contributed by atoms with Crippen molar-refractivity contribution in [3.05, 3.63) is 12.2 Å². The van der Waals surface area contributed by atoms with Gasteiger partial charge in [0.2, 0.25) is 0 Å². The number of carbonyl (C=O) groups excluding carboxylic acids is 1. The van der Waals surface area contributed by atoms with Crippen LogP contribution in [-0.2, 0) is 9.53 Å². The summed E-state index contributed by atoms with van der Waals surface area (Å²) >= 11 is 0. The summed E-state index contributed by atoms with van der Waals surface area (Å²) in [5, 5.41) is 8.54. The van der Waals surface area contributed by atoms with Gasteiger partial charge < -0.3 is 4.74 Å². The summed E-state index contributed by atoms with van der Waals surface area (Å²) in [5.41, 5.74) is 0. The van der Waals surface area contributed by atoms with Gasteiger partial charge in [0.1, 0.15) is 6.10 Å². The van der Waals surface area contributed by atoms with Crippen molar-refractivity contribution < 1.29 is 9.53 Å².